The van der Waals surface area contributed by atoms with Gasteiger partial charge >= 0.3 is 0 Å². The first kappa shape index (κ1) is 15.9. The topological polar surface area (TPSA) is 40.6 Å². The molecule has 5 heteroatoms. The Bertz CT molecular complexity index is 374. The van der Waals surface area contributed by atoms with Crippen LogP contribution in [-0.4, -0.2) is 57.6 Å². The minimum atomic E-state index is -3.03. The van der Waals surface area contributed by atoms with E-state index in [4.69, 9.17) is 0 Å². The summed E-state index contributed by atoms with van der Waals surface area (Å²) in [4.78, 5) is 2.22. The van der Waals surface area contributed by atoms with Crippen molar-refractivity contribution < 1.29 is 8.42 Å². The number of sulfonamides is 1. The van der Waals surface area contributed by atoms with Gasteiger partial charge in [0.05, 0.1) is 6.26 Å². The van der Waals surface area contributed by atoms with Crippen molar-refractivity contribution in [3.63, 3.8) is 0 Å². The minimum Gasteiger partial charge on any atom is -0.309 e. The molecule has 0 aliphatic carbocycles. The van der Waals surface area contributed by atoms with Gasteiger partial charge in [0.2, 0.25) is 10.0 Å². The van der Waals surface area contributed by atoms with E-state index in [9.17, 15) is 8.42 Å². The molecule has 0 atom stereocenters. The summed E-state index contributed by atoms with van der Waals surface area (Å²) in [6, 6.07) is 0. The van der Waals surface area contributed by atoms with Gasteiger partial charge in [-0.15, -0.1) is 0 Å². The maximum atomic E-state index is 11.6. The molecule has 0 amide bonds. The molecule has 4 nitrogen and oxygen atoms in total. The molecule has 0 radical (unpaired) electrons. The fourth-order valence-corrected chi connectivity index (χ4v) is 3.84. The Hall–Kier alpha value is -0.130. The van der Waals surface area contributed by atoms with Gasteiger partial charge in [0.25, 0.3) is 0 Å². The fourth-order valence-electron chi connectivity index (χ4n) is 3.00. The zero-order valence-corrected chi connectivity index (χ0v) is 13.5. The van der Waals surface area contributed by atoms with Gasteiger partial charge in [-0.1, -0.05) is 20.8 Å². The van der Waals surface area contributed by atoms with Crippen LogP contribution in [0.25, 0.3) is 0 Å². The van der Waals surface area contributed by atoms with Crippen molar-refractivity contribution in [2.75, 3.05) is 40.0 Å². The lowest BCUT2D eigenvalue weighted by Crippen LogP contribution is -2.52. The van der Waals surface area contributed by atoms with Crippen LogP contribution in [0.3, 0.4) is 0 Å². The van der Waals surface area contributed by atoms with Gasteiger partial charge in [0, 0.05) is 19.6 Å². The van der Waals surface area contributed by atoms with Crippen LogP contribution in [-0.2, 0) is 10.0 Å². The Labute approximate surface area is 112 Å². The summed E-state index contributed by atoms with van der Waals surface area (Å²) in [6.45, 7) is 9.15. The van der Waals surface area contributed by atoms with Gasteiger partial charge in [-0.05, 0) is 37.8 Å². The first-order chi connectivity index (χ1) is 7.98. The zero-order chi connectivity index (χ0) is 14.2. The molecule has 1 rings (SSSR count). The van der Waals surface area contributed by atoms with Crippen molar-refractivity contribution in [1.82, 2.24) is 9.21 Å². The Morgan fingerprint density at radius 3 is 1.89 bits per heavy atom. The molecule has 0 unspecified atom stereocenters. The average molecular weight is 276 g/mol. The Morgan fingerprint density at radius 2 is 1.61 bits per heavy atom. The van der Waals surface area contributed by atoms with Crippen molar-refractivity contribution in [3.05, 3.63) is 0 Å². The maximum Gasteiger partial charge on any atom is 0.211 e. The van der Waals surface area contributed by atoms with Crippen molar-refractivity contribution in [2.45, 2.75) is 33.6 Å². The van der Waals surface area contributed by atoms with E-state index < -0.39 is 10.0 Å². The fraction of sp³-hybridized carbons (Fsp3) is 1.00. The van der Waals surface area contributed by atoms with E-state index in [1.54, 1.807) is 4.31 Å². The van der Waals surface area contributed by atoms with E-state index >= 15 is 0 Å². The van der Waals surface area contributed by atoms with E-state index in [1.165, 1.54) is 6.26 Å². The highest BCUT2D eigenvalue weighted by molar-refractivity contribution is 7.88. The first-order valence-corrected chi connectivity index (χ1v) is 8.43. The first-order valence-electron chi connectivity index (χ1n) is 6.58. The summed E-state index contributed by atoms with van der Waals surface area (Å²) in [5, 5.41) is 0. The normalized spacial score (nSPS) is 22.4. The number of hydrogen-bond acceptors (Lipinski definition) is 3. The third-order valence-corrected chi connectivity index (χ3v) is 5.66. The molecule has 1 fully saturated rings. The monoisotopic (exact) mass is 276 g/mol. The van der Waals surface area contributed by atoms with Crippen LogP contribution in [0, 0.1) is 10.8 Å². The quantitative estimate of drug-likeness (QED) is 0.787. The largest absolute Gasteiger partial charge is 0.309 e. The van der Waals surface area contributed by atoms with Gasteiger partial charge in [0.15, 0.2) is 0 Å². The SMILES string of the molecule is CN(C)CC1(C(C)(C)C)CCN(S(C)(=O)=O)CC1. The highest BCUT2D eigenvalue weighted by atomic mass is 32.2. The summed E-state index contributed by atoms with van der Waals surface area (Å²) < 4.78 is 24.8. The molecule has 0 N–H and O–H groups in total. The van der Waals surface area contributed by atoms with E-state index in [2.05, 4.69) is 39.8 Å². The molecule has 0 spiro atoms. The number of piperidine rings is 1. The molecule has 0 saturated carbocycles. The summed E-state index contributed by atoms with van der Waals surface area (Å²) >= 11 is 0. The molecule has 0 aromatic rings. The maximum absolute atomic E-state index is 11.6. The molecule has 0 bridgehead atoms. The zero-order valence-electron chi connectivity index (χ0n) is 12.7. The van der Waals surface area contributed by atoms with Crippen molar-refractivity contribution in [2.24, 2.45) is 10.8 Å². The van der Waals surface area contributed by atoms with E-state index in [1.807, 2.05) is 0 Å². The molecule has 1 aliphatic rings. The van der Waals surface area contributed by atoms with Gasteiger partial charge in [0.1, 0.15) is 0 Å². The van der Waals surface area contributed by atoms with Crippen LogP contribution in [0.2, 0.25) is 0 Å². The Balaban J connectivity index is 2.87. The van der Waals surface area contributed by atoms with Crippen LogP contribution in [0.15, 0.2) is 0 Å². The molecule has 1 aliphatic heterocycles. The lowest BCUT2D eigenvalue weighted by molar-refractivity contribution is 0.00349. The molecule has 1 heterocycles. The van der Waals surface area contributed by atoms with Crippen molar-refractivity contribution in [1.29, 1.82) is 0 Å². The average Bonchev–Trinajstić information content (AvgIpc) is 2.14. The predicted molar refractivity (Wildman–Crippen MR) is 76.1 cm³/mol. The number of hydrogen-bond donors (Lipinski definition) is 0. The number of rotatable bonds is 3. The van der Waals surface area contributed by atoms with Crippen LogP contribution in [0.5, 0.6) is 0 Å². The second kappa shape index (κ2) is 5.10. The summed E-state index contributed by atoms with van der Waals surface area (Å²) in [5.74, 6) is 0. The highest BCUT2D eigenvalue weighted by Gasteiger charge is 2.45. The molecular weight excluding hydrogens is 248 g/mol. The lowest BCUT2D eigenvalue weighted by Gasteiger charge is -2.50. The second-order valence-electron chi connectivity index (χ2n) is 6.93. The third kappa shape index (κ3) is 3.45. The minimum absolute atomic E-state index is 0.195. The molecule has 0 aromatic carbocycles. The summed E-state index contributed by atoms with van der Waals surface area (Å²) in [6.07, 6.45) is 3.20. The molecule has 0 aromatic heterocycles. The van der Waals surface area contributed by atoms with Crippen LogP contribution in [0.1, 0.15) is 33.6 Å². The van der Waals surface area contributed by atoms with Gasteiger partial charge in [-0.3, -0.25) is 0 Å². The van der Waals surface area contributed by atoms with Crippen molar-refractivity contribution >= 4 is 10.0 Å². The Morgan fingerprint density at radius 1 is 1.17 bits per heavy atom. The lowest BCUT2D eigenvalue weighted by atomic mass is 9.61. The smallest absolute Gasteiger partial charge is 0.211 e. The molecular formula is C13H28N2O2S. The Kier molecular flexibility index (Phi) is 4.51. The van der Waals surface area contributed by atoms with Gasteiger partial charge < -0.3 is 4.90 Å². The molecule has 108 valence electrons. The van der Waals surface area contributed by atoms with E-state index in [0.29, 0.717) is 13.1 Å². The van der Waals surface area contributed by atoms with E-state index in [0.717, 1.165) is 19.4 Å². The highest BCUT2D eigenvalue weighted by Crippen LogP contribution is 2.47. The summed E-state index contributed by atoms with van der Waals surface area (Å²) in [5.41, 5.74) is 0.401. The molecule has 1 saturated heterocycles. The standard InChI is InChI=1S/C13H28N2O2S/c1-12(2,3)13(11-14(4)5)7-9-15(10-8-13)18(6,16)17/h7-11H2,1-6H3. The third-order valence-electron chi connectivity index (χ3n) is 4.36. The van der Waals surface area contributed by atoms with Crippen LogP contribution in [0.4, 0.5) is 0 Å². The number of nitrogens with zero attached hydrogens (tertiary/aromatic N) is 2. The van der Waals surface area contributed by atoms with Crippen LogP contribution >= 0.6 is 0 Å². The second-order valence-corrected chi connectivity index (χ2v) is 8.91. The predicted octanol–water partition coefficient (Wildman–Crippen LogP) is 1.64. The van der Waals surface area contributed by atoms with Gasteiger partial charge in [-0.2, -0.15) is 0 Å². The van der Waals surface area contributed by atoms with Gasteiger partial charge in [-0.25, -0.2) is 12.7 Å². The molecule has 18 heavy (non-hydrogen) atoms. The van der Waals surface area contributed by atoms with E-state index in [-0.39, 0.29) is 10.8 Å². The van der Waals surface area contributed by atoms with Crippen LogP contribution < -0.4 is 0 Å². The van der Waals surface area contributed by atoms with Crippen molar-refractivity contribution in [3.8, 4) is 0 Å². The summed E-state index contributed by atoms with van der Waals surface area (Å²) in [7, 11) is 1.16.